The summed E-state index contributed by atoms with van der Waals surface area (Å²) in [6, 6.07) is 30.3. The van der Waals surface area contributed by atoms with Crippen molar-refractivity contribution < 1.29 is 29.3 Å². The van der Waals surface area contributed by atoms with Gasteiger partial charge >= 0.3 is 5.97 Å². The van der Waals surface area contributed by atoms with Gasteiger partial charge in [-0.3, -0.25) is 14.3 Å². The number of nitrogens with zero attached hydrogens (tertiary/aromatic N) is 2. The molecule has 8 heteroatoms. The summed E-state index contributed by atoms with van der Waals surface area (Å²) in [5.74, 6) is -2.69. The van der Waals surface area contributed by atoms with Gasteiger partial charge < -0.3 is 19.7 Å². The van der Waals surface area contributed by atoms with Crippen LogP contribution < -0.4 is 0 Å². The number of hydrogen-bond donors (Lipinski definition) is 2. The minimum absolute atomic E-state index is 0.00929. The first kappa shape index (κ1) is 36.4. The molecule has 4 aliphatic rings. The van der Waals surface area contributed by atoms with E-state index in [-0.39, 0.29) is 37.1 Å². The number of aryl methyl sites for hydroxylation is 2. The molecule has 8 rings (SSSR count). The summed E-state index contributed by atoms with van der Waals surface area (Å²) >= 11 is 0. The standard InChI is InChI=1S/C46H50N2O6/c1-30-23-38-43(51,41(30)50)26-33(29-53-46(34-15-9-6-10-16-34,35-17-11-7-12-18-35)36-19-13-8-14-20-36)24-37-40-42(3,4)44(40,25-31(2)45(37,38)52)54-39(49)22-21-32-27-47-48(5)28-32/h6-20,23-24,27-28,31,37-38,40,51-52H,21-22,25-26,29H2,1-5H3/t31-,37+,38-,40-,43-,44+,45-/m1/s1. The Morgan fingerprint density at radius 3 is 2.04 bits per heavy atom. The zero-order chi connectivity index (χ0) is 38.1. The topological polar surface area (TPSA) is 111 Å². The largest absolute Gasteiger partial charge is 0.458 e. The Morgan fingerprint density at radius 2 is 1.50 bits per heavy atom. The Hall–Kier alpha value is -4.63. The van der Waals surface area contributed by atoms with Crippen molar-refractivity contribution >= 4 is 11.8 Å². The minimum atomic E-state index is -1.86. The molecule has 8 nitrogen and oxygen atoms in total. The number of rotatable bonds is 10. The number of fused-ring (bicyclic) bond motifs is 5. The number of aliphatic hydroxyl groups is 2. The van der Waals surface area contributed by atoms with Crippen LogP contribution in [0.15, 0.2) is 127 Å². The molecule has 0 saturated heterocycles. The number of aromatic nitrogens is 2. The van der Waals surface area contributed by atoms with E-state index in [1.807, 2.05) is 74.8 Å². The lowest BCUT2D eigenvalue weighted by Crippen LogP contribution is -2.61. The van der Waals surface area contributed by atoms with E-state index in [0.717, 1.165) is 27.8 Å². The van der Waals surface area contributed by atoms with Crippen LogP contribution in [0.3, 0.4) is 0 Å². The second-order valence-electron chi connectivity index (χ2n) is 16.8. The van der Waals surface area contributed by atoms with Crippen LogP contribution in [-0.4, -0.2) is 55.2 Å². The van der Waals surface area contributed by atoms with Crippen LogP contribution in [0.5, 0.6) is 0 Å². The van der Waals surface area contributed by atoms with Crippen LogP contribution in [-0.2, 0) is 38.1 Å². The average molecular weight is 727 g/mol. The predicted octanol–water partition coefficient (Wildman–Crippen LogP) is 6.89. The fourth-order valence-electron chi connectivity index (χ4n) is 10.7. The van der Waals surface area contributed by atoms with Crippen LogP contribution in [0, 0.1) is 29.1 Å². The Balaban J connectivity index is 1.20. The van der Waals surface area contributed by atoms with Crippen molar-refractivity contribution in [2.45, 2.75) is 75.8 Å². The quantitative estimate of drug-likeness (QED) is 0.104. The van der Waals surface area contributed by atoms with Crippen molar-refractivity contribution in [2.24, 2.45) is 36.1 Å². The fraction of sp³-hybridized carbons (Fsp3) is 0.413. The first-order valence-electron chi connectivity index (χ1n) is 19.1. The number of esters is 1. The molecule has 2 N–H and O–H groups in total. The van der Waals surface area contributed by atoms with Crippen molar-refractivity contribution in [1.29, 1.82) is 0 Å². The summed E-state index contributed by atoms with van der Waals surface area (Å²) in [5.41, 5.74) is -0.720. The highest BCUT2D eigenvalue weighted by Gasteiger charge is 2.83. The smallest absolute Gasteiger partial charge is 0.306 e. The molecule has 0 radical (unpaired) electrons. The van der Waals surface area contributed by atoms with E-state index in [2.05, 4.69) is 61.4 Å². The van der Waals surface area contributed by atoms with E-state index in [9.17, 15) is 19.8 Å². The van der Waals surface area contributed by atoms with Crippen LogP contribution in [0.1, 0.15) is 69.2 Å². The molecule has 280 valence electrons. The predicted molar refractivity (Wildman–Crippen MR) is 205 cm³/mol. The summed E-state index contributed by atoms with van der Waals surface area (Å²) in [6.45, 7) is 7.98. The van der Waals surface area contributed by atoms with Crippen LogP contribution in [0.4, 0.5) is 0 Å². The highest BCUT2D eigenvalue weighted by molar-refractivity contribution is 6.04. The molecule has 7 atom stereocenters. The van der Waals surface area contributed by atoms with Crippen LogP contribution in [0.25, 0.3) is 0 Å². The van der Waals surface area contributed by atoms with E-state index in [0.29, 0.717) is 18.4 Å². The molecule has 1 aromatic heterocycles. The molecule has 2 fully saturated rings. The van der Waals surface area contributed by atoms with Crippen molar-refractivity contribution in [3.63, 3.8) is 0 Å². The molecule has 4 aliphatic carbocycles. The summed E-state index contributed by atoms with van der Waals surface area (Å²) in [5, 5.41) is 29.9. The molecule has 0 spiro atoms. The SMILES string of the molecule is CC1=C[C@H]2[C@@]3(O)[C@H](C)C[C@]4(OC(=O)CCc5cnn(C)c5)[C@H]([C@@H]3C=C(COC(c3ccccc3)(c3ccccc3)c3ccccc3)C[C@]2(O)C1=O)C4(C)C. The number of carbonyl (C=O) groups excluding carboxylic acids is 2. The molecule has 0 unspecified atom stereocenters. The van der Waals surface area contributed by atoms with Crippen LogP contribution in [0.2, 0.25) is 0 Å². The number of hydrogen-bond acceptors (Lipinski definition) is 7. The van der Waals surface area contributed by atoms with E-state index in [4.69, 9.17) is 9.47 Å². The fourth-order valence-corrected chi connectivity index (χ4v) is 10.7. The third-order valence-corrected chi connectivity index (χ3v) is 13.4. The summed E-state index contributed by atoms with van der Waals surface area (Å²) in [6.07, 6.45) is 8.68. The van der Waals surface area contributed by atoms with Gasteiger partial charge in [-0.2, -0.15) is 5.10 Å². The number of carbonyl (C=O) groups is 2. The lowest BCUT2D eigenvalue weighted by molar-refractivity contribution is -0.187. The number of ketones is 1. The highest BCUT2D eigenvalue weighted by Crippen LogP contribution is 2.76. The minimum Gasteiger partial charge on any atom is -0.458 e. The number of Topliss-reactive ketones (excluding diaryl/α,β-unsaturated/α-hetero) is 1. The first-order valence-corrected chi connectivity index (χ1v) is 19.1. The molecule has 1 heterocycles. The lowest BCUT2D eigenvalue weighted by Gasteiger charge is -2.50. The van der Waals surface area contributed by atoms with E-state index >= 15 is 0 Å². The second kappa shape index (κ2) is 13.0. The zero-order valence-electron chi connectivity index (χ0n) is 31.7. The number of ether oxygens (including phenoxy) is 2. The average Bonchev–Trinajstić information content (AvgIpc) is 3.36. The molecule has 54 heavy (non-hydrogen) atoms. The molecule has 4 aromatic rings. The van der Waals surface area contributed by atoms with Gasteiger partial charge in [0.1, 0.15) is 16.8 Å². The summed E-state index contributed by atoms with van der Waals surface area (Å²) in [4.78, 5) is 27.6. The second-order valence-corrected chi connectivity index (χ2v) is 16.8. The monoisotopic (exact) mass is 726 g/mol. The molecule has 0 amide bonds. The van der Waals surface area contributed by atoms with Gasteiger partial charge in [-0.25, -0.2) is 0 Å². The van der Waals surface area contributed by atoms with Crippen molar-refractivity contribution in [1.82, 2.24) is 9.78 Å². The van der Waals surface area contributed by atoms with Gasteiger partial charge in [0, 0.05) is 49.3 Å². The van der Waals surface area contributed by atoms with E-state index < -0.39 is 45.6 Å². The van der Waals surface area contributed by atoms with E-state index in [1.54, 1.807) is 23.9 Å². The first-order chi connectivity index (χ1) is 25.8. The Labute approximate surface area is 317 Å². The summed E-state index contributed by atoms with van der Waals surface area (Å²) in [7, 11) is 1.85. The van der Waals surface area contributed by atoms with Gasteiger partial charge in [0.25, 0.3) is 0 Å². The van der Waals surface area contributed by atoms with Gasteiger partial charge in [0.05, 0.1) is 18.4 Å². The van der Waals surface area contributed by atoms with Gasteiger partial charge in [-0.15, -0.1) is 0 Å². The van der Waals surface area contributed by atoms with Gasteiger partial charge in [-0.1, -0.05) is 124 Å². The van der Waals surface area contributed by atoms with Gasteiger partial charge in [0.15, 0.2) is 5.78 Å². The Bertz CT molecular complexity index is 2030. The van der Waals surface area contributed by atoms with Crippen molar-refractivity contribution in [3.05, 3.63) is 149 Å². The molecule has 0 bridgehead atoms. The molecule has 2 saturated carbocycles. The summed E-state index contributed by atoms with van der Waals surface area (Å²) < 4.78 is 15.5. The Morgan fingerprint density at radius 1 is 0.926 bits per heavy atom. The maximum atomic E-state index is 14.0. The van der Waals surface area contributed by atoms with Gasteiger partial charge in [-0.05, 0) is 59.1 Å². The van der Waals surface area contributed by atoms with Crippen molar-refractivity contribution in [3.8, 4) is 0 Å². The normalized spacial score (nSPS) is 31.0. The maximum Gasteiger partial charge on any atom is 0.306 e. The molecule has 0 aliphatic heterocycles. The molecular formula is C46H50N2O6. The van der Waals surface area contributed by atoms with Crippen molar-refractivity contribution in [2.75, 3.05) is 6.61 Å². The molecular weight excluding hydrogens is 677 g/mol. The lowest BCUT2D eigenvalue weighted by atomic mass is 9.60. The Kier molecular flexibility index (Phi) is 8.75. The molecule has 3 aromatic carbocycles. The van der Waals surface area contributed by atoms with Crippen LogP contribution >= 0.6 is 0 Å². The number of benzene rings is 3. The third-order valence-electron chi connectivity index (χ3n) is 13.4. The zero-order valence-corrected chi connectivity index (χ0v) is 31.7. The van der Waals surface area contributed by atoms with E-state index in [1.165, 1.54) is 0 Å². The maximum absolute atomic E-state index is 14.0. The van der Waals surface area contributed by atoms with Gasteiger partial charge in [0.2, 0.25) is 0 Å². The highest BCUT2D eigenvalue weighted by atomic mass is 16.6. The third kappa shape index (κ3) is 5.40.